The van der Waals surface area contributed by atoms with E-state index in [1.54, 1.807) is 0 Å². The first-order valence-corrected chi connectivity index (χ1v) is 7.17. The van der Waals surface area contributed by atoms with Crippen molar-refractivity contribution in [1.82, 2.24) is 9.97 Å². The second kappa shape index (κ2) is 5.37. The largest absolute Gasteiger partial charge is 0.434 e. The molecule has 4 rings (SSSR count). The molecule has 0 unspecified atom stereocenters. The highest BCUT2D eigenvalue weighted by molar-refractivity contribution is 5.78. The fourth-order valence-corrected chi connectivity index (χ4v) is 2.48. The van der Waals surface area contributed by atoms with E-state index in [4.69, 9.17) is 9.40 Å². The molecule has 0 amide bonds. The van der Waals surface area contributed by atoms with Crippen LogP contribution >= 0.6 is 0 Å². The Morgan fingerprint density at radius 1 is 0.727 bits per heavy atom. The van der Waals surface area contributed by atoms with Crippen LogP contribution in [0.15, 0.2) is 83.4 Å². The summed E-state index contributed by atoms with van der Waals surface area (Å²) in [4.78, 5) is 7.84. The first-order valence-electron chi connectivity index (χ1n) is 7.17. The van der Waals surface area contributed by atoms with Crippen molar-refractivity contribution in [2.24, 2.45) is 0 Å². The number of oxazole rings is 1. The molecule has 3 heteroatoms. The molecule has 0 radical (unpaired) electrons. The van der Waals surface area contributed by atoms with Gasteiger partial charge in [-0.1, -0.05) is 60.7 Å². The van der Waals surface area contributed by atoms with Crippen molar-refractivity contribution in [2.45, 2.75) is 0 Å². The van der Waals surface area contributed by atoms with E-state index in [-0.39, 0.29) is 0 Å². The summed E-state index contributed by atoms with van der Waals surface area (Å²) < 4.78 is 6.06. The molecule has 2 aromatic carbocycles. The normalized spacial score (nSPS) is 10.7. The molecule has 1 N–H and O–H groups in total. The van der Waals surface area contributed by atoms with E-state index in [2.05, 4.69) is 4.98 Å². The molecule has 0 atom stereocenters. The van der Waals surface area contributed by atoms with Crippen LogP contribution in [-0.4, -0.2) is 9.97 Å². The Morgan fingerprint density at radius 2 is 1.41 bits per heavy atom. The van der Waals surface area contributed by atoms with E-state index >= 15 is 0 Å². The minimum Gasteiger partial charge on any atom is -0.434 e. The fraction of sp³-hybridized carbons (Fsp3) is 0. The van der Waals surface area contributed by atoms with Gasteiger partial charge in [-0.3, -0.25) is 0 Å². The molecule has 0 bridgehead atoms. The molecule has 0 fully saturated rings. The van der Waals surface area contributed by atoms with Gasteiger partial charge in [0.2, 0.25) is 5.89 Å². The number of aromatic amines is 1. The van der Waals surface area contributed by atoms with E-state index in [0.717, 1.165) is 28.3 Å². The van der Waals surface area contributed by atoms with Crippen molar-refractivity contribution in [3.05, 3.63) is 79.0 Å². The molecule has 2 aromatic heterocycles. The minimum atomic E-state index is 0.600. The Morgan fingerprint density at radius 3 is 2.05 bits per heavy atom. The number of H-pyrrole nitrogens is 1. The number of nitrogens with zero attached hydrogens (tertiary/aromatic N) is 1. The molecule has 0 spiro atoms. The minimum absolute atomic E-state index is 0.600. The Hall–Kier alpha value is -3.07. The lowest BCUT2D eigenvalue weighted by atomic mass is 10.1. The second-order valence-electron chi connectivity index (χ2n) is 5.01. The van der Waals surface area contributed by atoms with E-state index in [1.807, 2.05) is 79.0 Å². The molecule has 0 aliphatic heterocycles. The van der Waals surface area contributed by atoms with Crippen molar-refractivity contribution < 1.29 is 4.42 Å². The summed E-state index contributed by atoms with van der Waals surface area (Å²) in [5.41, 5.74) is 3.80. The molecular formula is C19H14N2O. The number of benzene rings is 2. The molecule has 4 aromatic rings. The maximum atomic E-state index is 6.06. The molecule has 0 saturated heterocycles. The second-order valence-corrected chi connectivity index (χ2v) is 5.01. The lowest BCUT2D eigenvalue weighted by molar-refractivity contribution is 0.587. The van der Waals surface area contributed by atoms with E-state index in [0.29, 0.717) is 5.89 Å². The standard InChI is InChI=1S/C19H14N2O/c1-3-8-14(9-4-1)17-18(15-10-5-2-6-11-15)22-19(21-17)16-12-7-13-20-16/h1-13,20H. The third-order valence-electron chi connectivity index (χ3n) is 3.54. The van der Waals surface area contributed by atoms with Gasteiger partial charge in [-0.25, -0.2) is 4.98 Å². The number of nitrogens with one attached hydrogen (secondary N) is 1. The zero-order valence-electron chi connectivity index (χ0n) is 11.9. The summed E-state index contributed by atoms with van der Waals surface area (Å²) in [6.07, 6.45) is 1.86. The Balaban J connectivity index is 1.92. The van der Waals surface area contributed by atoms with E-state index in [1.165, 1.54) is 0 Å². The molecule has 0 saturated carbocycles. The number of hydrogen-bond donors (Lipinski definition) is 1. The summed E-state index contributed by atoms with van der Waals surface area (Å²) in [7, 11) is 0. The van der Waals surface area contributed by atoms with Gasteiger partial charge in [0.1, 0.15) is 11.4 Å². The highest BCUT2D eigenvalue weighted by Gasteiger charge is 2.17. The molecule has 106 valence electrons. The fourth-order valence-electron chi connectivity index (χ4n) is 2.48. The van der Waals surface area contributed by atoms with Gasteiger partial charge in [-0.2, -0.15) is 0 Å². The predicted molar refractivity (Wildman–Crippen MR) is 87.2 cm³/mol. The monoisotopic (exact) mass is 286 g/mol. The van der Waals surface area contributed by atoms with Gasteiger partial charge in [0.25, 0.3) is 0 Å². The van der Waals surface area contributed by atoms with E-state index < -0.39 is 0 Å². The van der Waals surface area contributed by atoms with Gasteiger partial charge in [0, 0.05) is 17.3 Å². The van der Waals surface area contributed by atoms with Crippen LogP contribution in [0.5, 0.6) is 0 Å². The quantitative estimate of drug-likeness (QED) is 0.575. The molecular weight excluding hydrogens is 272 g/mol. The third kappa shape index (κ3) is 2.23. The number of hydrogen-bond acceptors (Lipinski definition) is 2. The van der Waals surface area contributed by atoms with Gasteiger partial charge in [-0.15, -0.1) is 0 Å². The Labute approximate surface area is 128 Å². The van der Waals surface area contributed by atoms with Crippen molar-refractivity contribution in [2.75, 3.05) is 0 Å². The Kier molecular flexibility index (Phi) is 3.09. The van der Waals surface area contributed by atoms with Gasteiger partial charge in [-0.05, 0) is 12.1 Å². The van der Waals surface area contributed by atoms with Crippen molar-refractivity contribution >= 4 is 0 Å². The predicted octanol–water partition coefficient (Wildman–Crippen LogP) is 5.00. The highest BCUT2D eigenvalue weighted by Crippen LogP contribution is 2.35. The van der Waals surface area contributed by atoms with Crippen LogP contribution in [0.25, 0.3) is 34.2 Å². The smallest absolute Gasteiger partial charge is 0.244 e. The highest BCUT2D eigenvalue weighted by atomic mass is 16.4. The Bertz CT molecular complexity index is 805. The van der Waals surface area contributed by atoms with Gasteiger partial charge in [0.15, 0.2) is 5.76 Å². The summed E-state index contributed by atoms with van der Waals surface area (Å²) in [5.74, 6) is 1.39. The van der Waals surface area contributed by atoms with Crippen molar-refractivity contribution in [1.29, 1.82) is 0 Å². The average molecular weight is 286 g/mol. The molecule has 3 nitrogen and oxygen atoms in total. The molecule has 0 aliphatic rings. The van der Waals surface area contributed by atoms with Crippen LogP contribution in [0.4, 0.5) is 0 Å². The van der Waals surface area contributed by atoms with Crippen LogP contribution in [0.1, 0.15) is 0 Å². The topological polar surface area (TPSA) is 41.8 Å². The molecule has 0 aliphatic carbocycles. The van der Waals surface area contributed by atoms with E-state index in [9.17, 15) is 0 Å². The molecule has 2 heterocycles. The van der Waals surface area contributed by atoms with Crippen molar-refractivity contribution in [3.8, 4) is 34.2 Å². The van der Waals surface area contributed by atoms with Gasteiger partial charge < -0.3 is 9.40 Å². The summed E-state index contributed by atoms with van der Waals surface area (Å²) >= 11 is 0. The van der Waals surface area contributed by atoms with Crippen LogP contribution < -0.4 is 0 Å². The zero-order valence-corrected chi connectivity index (χ0v) is 11.9. The van der Waals surface area contributed by atoms with Gasteiger partial charge in [0.05, 0.1) is 0 Å². The van der Waals surface area contributed by atoms with Crippen molar-refractivity contribution in [3.63, 3.8) is 0 Å². The summed E-state index contributed by atoms with van der Waals surface area (Å²) in [6.45, 7) is 0. The van der Waals surface area contributed by atoms with Gasteiger partial charge >= 0.3 is 0 Å². The number of rotatable bonds is 3. The third-order valence-corrected chi connectivity index (χ3v) is 3.54. The van der Waals surface area contributed by atoms with Crippen LogP contribution in [-0.2, 0) is 0 Å². The zero-order chi connectivity index (χ0) is 14.8. The lowest BCUT2D eigenvalue weighted by Crippen LogP contribution is -1.82. The molecule has 22 heavy (non-hydrogen) atoms. The van der Waals surface area contributed by atoms with Crippen LogP contribution in [0, 0.1) is 0 Å². The first-order chi connectivity index (χ1) is 10.9. The number of aromatic nitrogens is 2. The first kappa shape index (κ1) is 12.7. The summed E-state index contributed by atoms with van der Waals surface area (Å²) in [5, 5.41) is 0. The average Bonchev–Trinajstić information content (AvgIpc) is 3.26. The van der Waals surface area contributed by atoms with Crippen LogP contribution in [0.2, 0.25) is 0 Å². The maximum Gasteiger partial charge on any atom is 0.244 e. The van der Waals surface area contributed by atoms with Crippen LogP contribution in [0.3, 0.4) is 0 Å². The summed E-state index contributed by atoms with van der Waals surface area (Å²) in [6, 6.07) is 24.1. The maximum absolute atomic E-state index is 6.06. The lowest BCUT2D eigenvalue weighted by Gasteiger charge is -2.00. The SMILES string of the molecule is c1ccc(-c2nc(-c3ccc[nH]3)oc2-c2ccccc2)cc1.